The van der Waals surface area contributed by atoms with Gasteiger partial charge in [-0.05, 0) is 51.3 Å². The van der Waals surface area contributed by atoms with E-state index in [9.17, 15) is 9.59 Å². The van der Waals surface area contributed by atoms with E-state index in [1.165, 1.54) is 4.90 Å². The molecule has 1 aromatic heterocycles. The lowest BCUT2D eigenvalue weighted by molar-refractivity contribution is -0.146. The summed E-state index contributed by atoms with van der Waals surface area (Å²) in [5.41, 5.74) is 2.33. The molecule has 0 aliphatic carbocycles. The van der Waals surface area contributed by atoms with E-state index in [2.05, 4.69) is 11.9 Å². The van der Waals surface area contributed by atoms with Crippen LogP contribution in [0.2, 0.25) is 0 Å². The van der Waals surface area contributed by atoms with Crippen molar-refractivity contribution in [3.8, 4) is 17.0 Å². The maximum absolute atomic E-state index is 12.8. The fourth-order valence-corrected chi connectivity index (χ4v) is 4.03. The predicted octanol–water partition coefficient (Wildman–Crippen LogP) is 4.22. The standard InChI is InChI=1S/C21H26N2O4S/c1-5-7-19-22-16(12-28-19)15-8-9-18-17(11-15)23(20(24)14(4)27-18)13(3)21(25)26-10-6-2/h8-9,11-14H,5-7,10H2,1-4H3. The first-order chi connectivity index (χ1) is 13.5. The number of carbonyl (C=O) groups is 2. The molecule has 150 valence electrons. The second kappa shape index (κ2) is 8.73. The Morgan fingerprint density at radius 1 is 1.36 bits per heavy atom. The summed E-state index contributed by atoms with van der Waals surface area (Å²) in [6.07, 6.45) is 2.07. The summed E-state index contributed by atoms with van der Waals surface area (Å²) in [5.74, 6) is -0.0925. The average molecular weight is 403 g/mol. The molecule has 0 saturated heterocycles. The van der Waals surface area contributed by atoms with Gasteiger partial charge in [-0.25, -0.2) is 9.78 Å². The van der Waals surface area contributed by atoms with Crippen molar-refractivity contribution in [2.24, 2.45) is 0 Å². The lowest BCUT2D eigenvalue weighted by Gasteiger charge is -2.36. The summed E-state index contributed by atoms with van der Waals surface area (Å²) in [4.78, 5) is 31.4. The highest BCUT2D eigenvalue weighted by Gasteiger charge is 2.38. The molecule has 3 rings (SSSR count). The molecule has 2 aromatic rings. The summed E-state index contributed by atoms with van der Waals surface area (Å²) in [6, 6.07) is 4.91. The highest BCUT2D eigenvalue weighted by atomic mass is 32.1. The lowest BCUT2D eigenvalue weighted by Crippen LogP contribution is -2.52. The number of aromatic nitrogens is 1. The maximum atomic E-state index is 12.8. The van der Waals surface area contributed by atoms with Crippen molar-refractivity contribution in [3.05, 3.63) is 28.6 Å². The van der Waals surface area contributed by atoms with Crippen molar-refractivity contribution < 1.29 is 19.1 Å². The van der Waals surface area contributed by atoms with Crippen molar-refractivity contribution >= 4 is 28.9 Å². The van der Waals surface area contributed by atoms with Crippen molar-refractivity contribution in [1.82, 2.24) is 4.98 Å². The largest absolute Gasteiger partial charge is 0.479 e. The molecule has 1 aromatic carbocycles. The van der Waals surface area contributed by atoms with E-state index in [4.69, 9.17) is 9.47 Å². The van der Waals surface area contributed by atoms with Crippen molar-refractivity contribution in [1.29, 1.82) is 0 Å². The Hall–Kier alpha value is -2.41. The molecule has 0 fully saturated rings. The van der Waals surface area contributed by atoms with Crippen LogP contribution in [-0.2, 0) is 20.7 Å². The Morgan fingerprint density at radius 2 is 2.14 bits per heavy atom. The van der Waals surface area contributed by atoms with Crippen LogP contribution in [-0.4, -0.2) is 35.6 Å². The minimum absolute atomic E-state index is 0.254. The van der Waals surface area contributed by atoms with Crippen molar-refractivity contribution in [2.75, 3.05) is 11.5 Å². The second-order valence-corrected chi connectivity index (χ2v) is 7.81. The Labute approximate surface area is 169 Å². The van der Waals surface area contributed by atoms with Gasteiger partial charge in [-0.15, -0.1) is 11.3 Å². The molecule has 1 aliphatic heterocycles. The third kappa shape index (κ3) is 4.04. The Morgan fingerprint density at radius 3 is 2.86 bits per heavy atom. The van der Waals surface area contributed by atoms with Gasteiger partial charge in [0.2, 0.25) is 0 Å². The first-order valence-corrected chi connectivity index (χ1v) is 10.6. The first-order valence-electron chi connectivity index (χ1n) is 9.71. The van der Waals surface area contributed by atoms with Gasteiger partial charge in [0.1, 0.15) is 11.8 Å². The van der Waals surface area contributed by atoms with E-state index in [1.807, 2.05) is 30.5 Å². The van der Waals surface area contributed by atoms with Gasteiger partial charge in [-0.1, -0.05) is 13.8 Å². The maximum Gasteiger partial charge on any atom is 0.328 e. The van der Waals surface area contributed by atoms with Gasteiger partial charge in [-0.3, -0.25) is 9.69 Å². The monoisotopic (exact) mass is 402 g/mol. The number of nitrogens with zero attached hydrogens (tertiary/aromatic N) is 2. The van der Waals surface area contributed by atoms with Gasteiger partial charge in [0.05, 0.1) is 23.0 Å². The number of anilines is 1. The number of fused-ring (bicyclic) bond motifs is 1. The zero-order valence-corrected chi connectivity index (χ0v) is 17.5. The number of hydrogen-bond donors (Lipinski definition) is 0. The molecule has 28 heavy (non-hydrogen) atoms. The fourth-order valence-electron chi connectivity index (χ4n) is 3.12. The Balaban J connectivity index is 1.96. The molecule has 2 heterocycles. The second-order valence-electron chi connectivity index (χ2n) is 6.87. The zero-order valence-electron chi connectivity index (χ0n) is 16.7. The number of amides is 1. The number of carbonyl (C=O) groups excluding carboxylic acids is 2. The van der Waals surface area contributed by atoms with Crippen LogP contribution in [0, 0.1) is 0 Å². The highest BCUT2D eigenvalue weighted by Crippen LogP contribution is 2.39. The predicted molar refractivity (Wildman–Crippen MR) is 110 cm³/mol. The summed E-state index contributed by atoms with van der Waals surface area (Å²) >= 11 is 1.63. The summed E-state index contributed by atoms with van der Waals surface area (Å²) in [5, 5.41) is 3.11. The number of thiazole rings is 1. The smallest absolute Gasteiger partial charge is 0.328 e. The van der Waals surface area contributed by atoms with E-state index >= 15 is 0 Å². The summed E-state index contributed by atoms with van der Waals surface area (Å²) in [6.45, 7) is 7.77. The third-order valence-corrected chi connectivity index (χ3v) is 5.50. The number of aryl methyl sites for hydroxylation is 1. The first kappa shape index (κ1) is 20.3. The summed E-state index contributed by atoms with van der Waals surface area (Å²) in [7, 11) is 0. The number of esters is 1. The number of ether oxygens (including phenoxy) is 2. The van der Waals surface area contributed by atoms with Crippen molar-refractivity contribution in [2.45, 2.75) is 59.1 Å². The number of benzene rings is 1. The van der Waals surface area contributed by atoms with E-state index < -0.39 is 18.1 Å². The molecule has 0 saturated carbocycles. The molecule has 0 N–H and O–H groups in total. The van der Waals surface area contributed by atoms with Crippen molar-refractivity contribution in [3.63, 3.8) is 0 Å². The van der Waals surface area contributed by atoms with Crippen LogP contribution < -0.4 is 9.64 Å². The number of hydrogen-bond acceptors (Lipinski definition) is 6. The van der Waals surface area contributed by atoms with Crippen LogP contribution in [0.1, 0.15) is 45.5 Å². The minimum atomic E-state index is -0.731. The van der Waals surface area contributed by atoms with Crippen LogP contribution in [0.5, 0.6) is 5.75 Å². The molecular formula is C21H26N2O4S. The highest BCUT2D eigenvalue weighted by molar-refractivity contribution is 7.09. The van der Waals surface area contributed by atoms with E-state index in [0.29, 0.717) is 18.0 Å². The minimum Gasteiger partial charge on any atom is -0.479 e. The van der Waals surface area contributed by atoms with Crippen LogP contribution in [0.3, 0.4) is 0 Å². The molecule has 1 amide bonds. The Bertz CT molecular complexity index is 864. The van der Waals surface area contributed by atoms with Gasteiger partial charge >= 0.3 is 5.97 Å². The summed E-state index contributed by atoms with van der Waals surface area (Å²) < 4.78 is 11.0. The topological polar surface area (TPSA) is 68.7 Å². The van der Waals surface area contributed by atoms with Gasteiger partial charge in [0, 0.05) is 10.9 Å². The van der Waals surface area contributed by atoms with Gasteiger partial charge in [-0.2, -0.15) is 0 Å². The van der Waals surface area contributed by atoms with Gasteiger partial charge in [0.15, 0.2) is 6.10 Å². The van der Waals surface area contributed by atoms with E-state index in [1.54, 1.807) is 25.2 Å². The molecule has 7 heteroatoms. The van der Waals surface area contributed by atoms with Crippen LogP contribution in [0.15, 0.2) is 23.6 Å². The van der Waals surface area contributed by atoms with Gasteiger partial charge in [0.25, 0.3) is 5.91 Å². The van der Waals surface area contributed by atoms with Gasteiger partial charge < -0.3 is 9.47 Å². The van der Waals surface area contributed by atoms with Crippen LogP contribution in [0.25, 0.3) is 11.3 Å². The number of rotatable bonds is 7. The normalized spacial score (nSPS) is 17.1. The molecular weight excluding hydrogens is 376 g/mol. The average Bonchev–Trinajstić information content (AvgIpc) is 3.15. The molecule has 0 radical (unpaired) electrons. The van der Waals surface area contributed by atoms with Crippen LogP contribution in [0.4, 0.5) is 5.69 Å². The lowest BCUT2D eigenvalue weighted by atomic mass is 10.1. The SMILES string of the molecule is CCCOC(=O)C(C)N1C(=O)C(C)Oc2ccc(-c3csc(CCC)n3)cc21. The Kier molecular flexibility index (Phi) is 6.34. The van der Waals surface area contributed by atoms with E-state index in [-0.39, 0.29) is 5.91 Å². The fraction of sp³-hybridized carbons (Fsp3) is 0.476. The van der Waals surface area contributed by atoms with Crippen LogP contribution >= 0.6 is 11.3 Å². The molecule has 0 spiro atoms. The molecule has 6 nitrogen and oxygen atoms in total. The quantitative estimate of drug-likeness (QED) is 0.649. The molecule has 2 unspecified atom stereocenters. The zero-order chi connectivity index (χ0) is 20.3. The molecule has 0 bridgehead atoms. The van der Waals surface area contributed by atoms with E-state index in [0.717, 1.165) is 35.5 Å². The molecule has 1 aliphatic rings. The molecule has 2 atom stereocenters. The third-order valence-electron chi connectivity index (χ3n) is 4.60.